The predicted octanol–water partition coefficient (Wildman–Crippen LogP) is 1.58. The lowest BCUT2D eigenvalue weighted by molar-refractivity contribution is -0.389. The van der Waals surface area contributed by atoms with Crippen LogP contribution >= 0.6 is 0 Å². The maximum atomic E-state index is 11.6. The zero-order chi connectivity index (χ0) is 14.7. The Bertz CT molecular complexity index is 665. The number of rotatable bonds is 4. The lowest BCUT2D eigenvalue weighted by atomic mass is 10.2. The molecule has 0 N–H and O–H groups in total. The molecule has 0 saturated carbocycles. The zero-order valence-electron chi connectivity index (χ0n) is 10.8. The quantitative estimate of drug-likeness (QED) is 0.478. The standard InChI is InChI=1S/C12H11N3O5/c1-19-10-4-8(12(16)20-2)3-9(5-10)14-6-11(13-7-14)15(17)18/h3-7H,1-2H3. The van der Waals surface area contributed by atoms with E-state index in [9.17, 15) is 14.9 Å². The molecule has 2 rings (SSSR count). The molecule has 1 heterocycles. The van der Waals surface area contributed by atoms with Crippen molar-refractivity contribution < 1.29 is 19.2 Å². The molecule has 0 aliphatic heterocycles. The van der Waals surface area contributed by atoms with Crippen LogP contribution in [0, 0.1) is 10.1 Å². The minimum Gasteiger partial charge on any atom is -0.497 e. The van der Waals surface area contributed by atoms with Crippen LogP contribution < -0.4 is 4.74 Å². The molecule has 0 spiro atoms. The smallest absolute Gasteiger partial charge is 0.381 e. The van der Waals surface area contributed by atoms with E-state index in [1.807, 2.05) is 0 Å². The number of carbonyl (C=O) groups is 1. The van der Waals surface area contributed by atoms with Gasteiger partial charge in [-0.2, -0.15) is 0 Å². The fraction of sp³-hybridized carbons (Fsp3) is 0.167. The van der Waals surface area contributed by atoms with Crippen molar-refractivity contribution >= 4 is 11.8 Å². The van der Waals surface area contributed by atoms with E-state index in [1.165, 1.54) is 43.4 Å². The number of nitro groups is 1. The second kappa shape index (κ2) is 5.39. The summed E-state index contributed by atoms with van der Waals surface area (Å²) < 4.78 is 11.2. The van der Waals surface area contributed by atoms with Crippen molar-refractivity contribution in [1.82, 2.24) is 9.55 Å². The summed E-state index contributed by atoms with van der Waals surface area (Å²) >= 11 is 0. The highest BCUT2D eigenvalue weighted by atomic mass is 16.6. The first-order chi connectivity index (χ1) is 9.55. The first-order valence-corrected chi connectivity index (χ1v) is 5.51. The lowest BCUT2D eigenvalue weighted by Gasteiger charge is -2.07. The maximum absolute atomic E-state index is 11.6. The Morgan fingerprint density at radius 2 is 2.10 bits per heavy atom. The van der Waals surface area contributed by atoms with Gasteiger partial charge in [-0.1, -0.05) is 0 Å². The third-order valence-corrected chi connectivity index (χ3v) is 2.60. The molecule has 0 unspecified atom stereocenters. The molecule has 0 fully saturated rings. The van der Waals surface area contributed by atoms with Crippen molar-refractivity contribution in [2.75, 3.05) is 14.2 Å². The minimum atomic E-state index is -0.599. The highest BCUT2D eigenvalue weighted by Gasteiger charge is 2.14. The topological polar surface area (TPSA) is 96.5 Å². The van der Waals surface area contributed by atoms with Crippen molar-refractivity contribution in [3.05, 3.63) is 46.4 Å². The number of imidazole rings is 1. The molecule has 104 valence electrons. The number of nitrogens with zero attached hydrogens (tertiary/aromatic N) is 3. The van der Waals surface area contributed by atoms with E-state index in [4.69, 9.17) is 4.74 Å². The number of carbonyl (C=O) groups excluding carboxylic acids is 1. The summed E-state index contributed by atoms with van der Waals surface area (Å²) in [5.74, 6) is -0.383. The molecular formula is C12H11N3O5. The van der Waals surface area contributed by atoms with E-state index in [-0.39, 0.29) is 11.4 Å². The largest absolute Gasteiger partial charge is 0.497 e. The number of benzene rings is 1. The molecule has 8 nitrogen and oxygen atoms in total. The fourth-order valence-corrected chi connectivity index (χ4v) is 1.63. The molecule has 1 aromatic carbocycles. The molecule has 0 aliphatic carbocycles. The average molecular weight is 277 g/mol. The Morgan fingerprint density at radius 1 is 1.35 bits per heavy atom. The Balaban J connectivity index is 2.49. The summed E-state index contributed by atoms with van der Waals surface area (Å²) in [5, 5.41) is 10.6. The molecule has 20 heavy (non-hydrogen) atoms. The van der Waals surface area contributed by atoms with Crippen LogP contribution in [0.3, 0.4) is 0 Å². The van der Waals surface area contributed by atoms with Crippen molar-refractivity contribution in [1.29, 1.82) is 0 Å². The molecule has 0 radical (unpaired) electrons. The van der Waals surface area contributed by atoms with Crippen LogP contribution in [0.5, 0.6) is 5.75 Å². The lowest BCUT2D eigenvalue weighted by Crippen LogP contribution is -2.03. The summed E-state index contributed by atoms with van der Waals surface area (Å²) in [5.41, 5.74) is 0.781. The van der Waals surface area contributed by atoms with Crippen molar-refractivity contribution in [3.8, 4) is 11.4 Å². The monoisotopic (exact) mass is 277 g/mol. The Labute approximate surface area is 113 Å². The normalized spacial score (nSPS) is 10.1. The Hall–Kier alpha value is -2.90. The molecule has 0 atom stereocenters. The first kappa shape index (κ1) is 13.5. The van der Waals surface area contributed by atoms with Gasteiger partial charge in [0.25, 0.3) is 0 Å². The van der Waals surface area contributed by atoms with Crippen LogP contribution in [0.15, 0.2) is 30.7 Å². The van der Waals surface area contributed by atoms with Gasteiger partial charge in [-0.15, -0.1) is 0 Å². The Morgan fingerprint density at radius 3 is 2.65 bits per heavy atom. The summed E-state index contributed by atoms with van der Waals surface area (Å²) in [6, 6.07) is 4.66. The van der Waals surface area contributed by atoms with E-state index >= 15 is 0 Å². The van der Waals surface area contributed by atoms with Gasteiger partial charge in [0, 0.05) is 6.07 Å². The first-order valence-electron chi connectivity index (χ1n) is 5.51. The van der Waals surface area contributed by atoms with Gasteiger partial charge in [0.1, 0.15) is 11.9 Å². The number of esters is 1. The summed E-state index contributed by atoms with van der Waals surface area (Å²) in [4.78, 5) is 25.2. The molecule has 0 bridgehead atoms. The Kier molecular flexibility index (Phi) is 3.65. The highest BCUT2D eigenvalue weighted by Crippen LogP contribution is 2.22. The number of ether oxygens (including phenoxy) is 2. The van der Waals surface area contributed by atoms with E-state index in [0.717, 1.165) is 0 Å². The molecule has 0 saturated heterocycles. The number of hydrogen-bond acceptors (Lipinski definition) is 6. The van der Waals surface area contributed by atoms with Crippen LogP contribution in [-0.2, 0) is 4.74 Å². The van der Waals surface area contributed by atoms with Crippen molar-refractivity contribution in [2.24, 2.45) is 0 Å². The van der Waals surface area contributed by atoms with Crippen LogP contribution in [0.1, 0.15) is 10.4 Å². The molecule has 1 aromatic heterocycles. The minimum absolute atomic E-state index is 0.276. The van der Waals surface area contributed by atoms with Crippen molar-refractivity contribution in [3.63, 3.8) is 0 Å². The number of aromatic nitrogens is 2. The van der Waals surface area contributed by atoms with E-state index in [1.54, 1.807) is 6.07 Å². The third-order valence-electron chi connectivity index (χ3n) is 2.60. The van der Waals surface area contributed by atoms with Crippen molar-refractivity contribution in [2.45, 2.75) is 0 Å². The third kappa shape index (κ3) is 2.58. The highest BCUT2D eigenvalue weighted by molar-refractivity contribution is 5.90. The predicted molar refractivity (Wildman–Crippen MR) is 68.1 cm³/mol. The van der Waals surface area contributed by atoms with Gasteiger partial charge < -0.3 is 19.6 Å². The summed E-state index contributed by atoms with van der Waals surface area (Å²) in [6.07, 6.45) is 2.53. The molecule has 2 aromatic rings. The van der Waals surface area contributed by atoms with Crippen LogP contribution in [-0.4, -0.2) is 34.7 Å². The van der Waals surface area contributed by atoms with Gasteiger partial charge >= 0.3 is 11.8 Å². The van der Waals surface area contributed by atoms with Gasteiger partial charge in [0.15, 0.2) is 0 Å². The molecular weight excluding hydrogens is 266 g/mol. The van der Waals surface area contributed by atoms with Gasteiger partial charge in [-0.3, -0.25) is 4.57 Å². The van der Waals surface area contributed by atoms with Crippen LogP contribution in [0.4, 0.5) is 5.82 Å². The number of methoxy groups -OCH3 is 2. The summed E-state index contributed by atoms with van der Waals surface area (Å²) in [6.45, 7) is 0. The molecule has 0 aliphatic rings. The van der Waals surface area contributed by atoms with Gasteiger partial charge in [-0.05, 0) is 22.0 Å². The van der Waals surface area contributed by atoms with E-state index < -0.39 is 10.9 Å². The second-order valence-corrected chi connectivity index (χ2v) is 3.81. The zero-order valence-corrected chi connectivity index (χ0v) is 10.8. The molecule has 8 heteroatoms. The van der Waals surface area contributed by atoms with Gasteiger partial charge in [0.2, 0.25) is 6.33 Å². The summed E-state index contributed by atoms with van der Waals surface area (Å²) in [7, 11) is 2.72. The van der Waals surface area contributed by atoms with Crippen LogP contribution in [0.25, 0.3) is 5.69 Å². The van der Waals surface area contributed by atoms with E-state index in [2.05, 4.69) is 9.72 Å². The maximum Gasteiger partial charge on any atom is 0.381 e. The van der Waals surface area contributed by atoms with E-state index in [0.29, 0.717) is 11.4 Å². The van der Waals surface area contributed by atoms with Gasteiger partial charge in [-0.25, -0.2) is 4.79 Å². The second-order valence-electron chi connectivity index (χ2n) is 3.81. The molecule has 0 amide bonds. The van der Waals surface area contributed by atoms with Gasteiger partial charge in [0.05, 0.1) is 25.5 Å². The SMILES string of the molecule is COC(=O)c1cc(OC)cc(-n2cnc([N+](=O)[O-])c2)c1. The average Bonchev–Trinajstić information content (AvgIpc) is 2.96. The number of hydrogen-bond donors (Lipinski definition) is 0. The fourth-order valence-electron chi connectivity index (χ4n) is 1.63. The van der Waals surface area contributed by atoms with Crippen LogP contribution in [0.2, 0.25) is 0 Å².